The van der Waals surface area contributed by atoms with E-state index >= 15 is 0 Å². The van der Waals surface area contributed by atoms with Crippen LogP contribution in [0.2, 0.25) is 5.15 Å². The summed E-state index contributed by atoms with van der Waals surface area (Å²) >= 11 is 6.90. The van der Waals surface area contributed by atoms with Crippen molar-refractivity contribution < 1.29 is 14.2 Å². The molecule has 7 heteroatoms. The first-order chi connectivity index (χ1) is 17.2. The van der Waals surface area contributed by atoms with Crippen molar-refractivity contribution in [3.8, 4) is 11.4 Å². The SMILES string of the molecule is CCc1ccccc1-c1nc(Cl)c(CN2CCCCC2C2=CC(OC)=CCC2)n1CC1OCCO1. The molecule has 2 aliphatic heterocycles. The molecule has 2 aromatic rings. The van der Waals surface area contributed by atoms with E-state index in [9.17, 15) is 0 Å². The lowest BCUT2D eigenvalue weighted by Crippen LogP contribution is -2.41. The zero-order valence-corrected chi connectivity index (χ0v) is 21.6. The third-order valence-corrected chi connectivity index (χ3v) is 7.72. The number of hydrogen-bond donors (Lipinski definition) is 0. The summed E-state index contributed by atoms with van der Waals surface area (Å²) in [5.74, 6) is 1.88. The number of nitrogens with zero attached hydrogens (tertiary/aromatic N) is 3. The summed E-state index contributed by atoms with van der Waals surface area (Å²) < 4.78 is 19.5. The highest BCUT2D eigenvalue weighted by atomic mass is 35.5. The average molecular weight is 498 g/mol. The van der Waals surface area contributed by atoms with E-state index < -0.39 is 0 Å². The lowest BCUT2D eigenvalue weighted by Gasteiger charge is -2.38. The number of aryl methyl sites for hydroxylation is 1. The Morgan fingerprint density at radius 1 is 1.17 bits per heavy atom. The molecule has 35 heavy (non-hydrogen) atoms. The van der Waals surface area contributed by atoms with Gasteiger partial charge in [0.2, 0.25) is 0 Å². The quantitative estimate of drug-likeness (QED) is 0.465. The molecule has 3 aliphatic rings. The Morgan fingerprint density at radius 3 is 2.80 bits per heavy atom. The minimum atomic E-state index is -0.279. The van der Waals surface area contributed by atoms with Crippen molar-refractivity contribution in [1.29, 1.82) is 0 Å². The van der Waals surface area contributed by atoms with Gasteiger partial charge in [0.1, 0.15) is 11.6 Å². The summed E-state index contributed by atoms with van der Waals surface area (Å²) in [6.45, 7) is 5.81. The van der Waals surface area contributed by atoms with E-state index in [1.54, 1.807) is 7.11 Å². The molecule has 1 unspecified atom stereocenters. The maximum absolute atomic E-state index is 6.90. The van der Waals surface area contributed by atoms with Crippen molar-refractivity contribution in [2.45, 2.75) is 70.9 Å². The van der Waals surface area contributed by atoms with Crippen LogP contribution in [0.4, 0.5) is 0 Å². The van der Waals surface area contributed by atoms with E-state index in [1.807, 2.05) is 0 Å². The molecular weight excluding hydrogens is 462 g/mol. The molecule has 3 heterocycles. The van der Waals surface area contributed by atoms with Crippen LogP contribution in [0, 0.1) is 0 Å². The van der Waals surface area contributed by atoms with Gasteiger partial charge >= 0.3 is 0 Å². The van der Waals surface area contributed by atoms with Crippen molar-refractivity contribution in [2.75, 3.05) is 26.9 Å². The summed E-state index contributed by atoms with van der Waals surface area (Å²) in [4.78, 5) is 7.49. The third kappa shape index (κ3) is 5.36. The summed E-state index contributed by atoms with van der Waals surface area (Å²) in [5.41, 5.74) is 4.89. The summed E-state index contributed by atoms with van der Waals surface area (Å²) in [5, 5.41) is 0.573. The fraction of sp³-hybridized carbons (Fsp3) is 0.536. The van der Waals surface area contributed by atoms with Crippen LogP contribution in [0.25, 0.3) is 11.4 Å². The van der Waals surface area contributed by atoms with Crippen LogP contribution in [0.15, 0.2) is 47.7 Å². The first-order valence-corrected chi connectivity index (χ1v) is 13.3. The third-order valence-electron chi connectivity index (χ3n) is 7.42. The Labute approximate surface area is 213 Å². The first-order valence-electron chi connectivity index (χ1n) is 12.9. The van der Waals surface area contributed by atoms with Gasteiger partial charge < -0.3 is 18.8 Å². The highest BCUT2D eigenvalue weighted by Crippen LogP contribution is 2.34. The van der Waals surface area contributed by atoms with Gasteiger partial charge in [-0.1, -0.05) is 49.2 Å². The zero-order valence-electron chi connectivity index (χ0n) is 20.8. The Bertz CT molecular complexity index is 1090. The number of aromatic nitrogens is 2. The van der Waals surface area contributed by atoms with Crippen LogP contribution in [0.1, 0.15) is 50.3 Å². The van der Waals surface area contributed by atoms with E-state index in [0.29, 0.717) is 31.0 Å². The average Bonchev–Trinajstić information content (AvgIpc) is 3.53. The largest absolute Gasteiger partial charge is 0.497 e. The summed E-state index contributed by atoms with van der Waals surface area (Å²) in [7, 11) is 1.76. The molecule has 0 N–H and O–H groups in total. The second kappa shape index (κ2) is 11.3. The van der Waals surface area contributed by atoms with E-state index in [4.69, 9.17) is 30.8 Å². The molecule has 2 saturated heterocycles. The van der Waals surface area contributed by atoms with Crippen molar-refractivity contribution >= 4 is 11.6 Å². The van der Waals surface area contributed by atoms with Crippen LogP contribution in [0.5, 0.6) is 0 Å². The number of halogens is 1. The fourth-order valence-corrected chi connectivity index (χ4v) is 5.85. The number of allylic oxidation sites excluding steroid dienone is 2. The Balaban J connectivity index is 1.50. The molecule has 0 bridgehead atoms. The summed E-state index contributed by atoms with van der Waals surface area (Å²) in [6.07, 6.45) is 10.8. The number of hydrogen-bond acceptors (Lipinski definition) is 5. The number of piperidine rings is 1. The Hall–Kier alpha value is -2.12. The van der Waals surface area contributed by atoms with Crippen LogP contribution < -0.4 is 0 Å². The normalized spacial score (nSPS) is 21.7. The van der Waals surface area contributed by atoms with Crippen molar-refractivity contribution in [3.63, 3.8) is 0 Å². The lowest BCUT2D eigenvalue weighted by molar-refractivity contribution is -0.0529. The molecule has 1 atom stereocenters. The highest BCUT2D eigenvalue weighted by molar-refractivity contribution is 6.30. The number of ether oxygens (including phenoxy) is 3. The molecule has 0 saturated carbocycles. The topological polar surface area (TPSA) is 48.8 Å². The first kappa shape index (κ1) is 24.6. The van der Waals surface area contributed by atoms with Gasteiger partial charge in [0.05, 0.1) is 32.6 Å². The minimum absolute atomic E-state index is 0.279. The molecule has 1 aromatic heterocycles. The van der Waals surface area contributed by atoms with Crippen LogP contribution in [-0.4, -0.2) is 53.7 Å². The van der Waals surface area contributed by atoms with Gasteiger partial charge in [-0.05, 0) is 61.9 Å². The summed E-state index contributed by atoms with van der Waals surface area (Å²) in [6, 6.07) is 8.86. The molecular formula is C28H36ClN3O3. The number of rotatable bonds is 8. The fourth-order valence-electron chi connectivity index (χ4n) is 5.61. The molecule has 1 aromatic carbocycles. The van der Waals surface area contributed by atoms with Crippen molar-refractivity contribution in [3.05, 3.63) is 64.2 Å². The molecule has 1 aliphatic carbocycles. The highest BCUT2D eigenvalue weighted by Gasteiger charge is 2.30. The van der Waals surface area contributed by atoms with Gasteiger partial charge in [0, 0.05) is 18.2 Å². The zero-order chi connectivity index (χ0) is 24.2. The van der Waals surface area contributed by atoms with E-state index in [1.165, 1.54) is 24.0 Å². The second-order valence-electron chi connectivity index (χ2n) is 9.52. The maximum atomic E-state index is 6.90. The molecule has 0 radical (unpaired) electrons. The van der Waals surface area contributed by atoms with Gasteiger partial charge in [-0.15, -0.1) is 0 Å². The van der Waals surface area contributed by atoms with Crippen LogP contribution >= 0.6 is 11.6 Å². The number of likely N-dealkylation sites (tertiary alicyclic amines) is 1. The van der Waals surface area contributed by atoms with Crippen LogP contribution in [0.3, 0.4) is 0 Å². The standard InChI is InChI=1S/C28H36ClN3O3/c1-3-20-9-4-5-12-23(20)28-30-27(29)25(32(28)19-26-34-15-16-35-26)18-31-14-7-6-13-24(31)21-10-8-11-22(17-21)33-2/h4-5,9,11-12,17,24,26H,3,6-8,10,13-16,18-19H2,1-2H3. The number of benzene rings is 1. The Morgan fingerprint density at radius 2 is 2.00 bits per heavy atom. The van der Waals surface area contributed by atoms with Gasteiger partial charge in [0.25, 0.3) is 0 Å². The lowest BCUT2D eigenvalue weighted by atomic mass is 9.89. The Kier molecular flexibility index (Phi) is 7.93. The van der Waals surface area contributed by atoms with Gasteiger partial charge in [0.15, 0.2) is 11.4 Å². The van der Waals surface area contributed by atoms with E-state index in [0.717, 1.165) is 61.6 Å². The van der Waals surface area contributed by atoms with Gasteiger partial charge in [-0.25, -0.2) is 4.98 Å². The van der Waals surface area contributed by atoms with Gasteiger partial charge in [-0.3, -0.25) is 4.90 Å². The molecule has 0 spiro atoms. The molecule has 5 rings (SSSR count). The molecule has 6 nitrogen and oxygen atoms in total. The van der Waals surface area contributed by atoms with Gasteiger partial charge in [-0.2, -0.15) is 0 Å². The van der Waals surface area contributed by atoms with Crippen LogP contribution in [-0.2, 0) is 33.7 Å². The second-order valence-corrected chi connectivity index (χ2v) is 9.87. The predicted octanol–water partition coefficient (Wildman–Crippen LogP) is 5.74. The minimum Gasteiger partial charge on any atom is -0.497 e. The van der Waals surface area contributed by atoms with E-state index in [2.05, 4.69) is 52.8 Å². The molecule has 0 amide bonds. The van der Waals surface area contributed by atoms with E-state index in [-0.39, 0.29) is 6.29 Å². The number of imidazole rings is 1. The predicted molar refractivity (Wildman–Crippen MR) is 138 cm³/mol. The monoisotopic (exact) mass is 497 g/mol. The smallest absolute Gasteiger partial charge is 0.175 e. The van der Waals surface area contributed by atoms with Crippen molar-refractivity contribution in [1.82, 2.24) is 14.5 Å². The van der Waals surface area contributed by atoms with Crippen molar-refractivity contribution in [2.24, 2.45) is 0 Å². The molecule has 188 valence electrons. The number of methoxy groups -OCH3 is 1. The maximum Gasteiger partial charge on any atom is 0.175 e. The molecule has 2 fully saturated rings.